The van der Waals surface area contributed by atoms with Gasteiger partial charge in [0.2, 0.25) is 0 Å². The van der Waals surface area contributed by atoms with E-state index in [1.807, 2.05) is 0 Å². The first-order valence-electron chi connectivity index (χ1n) is 4.51. The lowest BCUT2D eigenvalue weighted by Crippen LogP contribution is -2.50. The van der Waals surface area contributed by atoms with Gasteiger partial charge in [-0.3, -0.25) is 10.8 Å². The third kappa shape index (κ3) is 3.80. The van der Waals surface area contributed by atoms with E-state index >= 15 is 0 Å². The molecule has 1 heterocycles. The van der Waals surface area contributed by atoms with Crippen LogP contribution in [0.15, 0.2) is 23.5 Å². The first-order chi connectivity index (χ1) is 6.88. The van der Waals surface area contributed by atoms with Gasteiger partial charge in [-0.15, -0.1) is 4.68 Å². The molecule has 0 bridgehead atoms. The summed E-state index contributed by atoms with van der Waals surface area (Å²) in [7, 11) is 0. The number of aromatic amines is 1. The zero-order chi connectivity index (χ0) is 11.5. The highest BCUT2D eigenvalue weighted by molar-refractivity contribution is 5.83. The summed E-state index contributed by atoms with van der Waals surface area (Å²) in [6, 6.07) is 1.73. The number of nitrogens with two attached hydrogens (primary N) is 1. The van der Waals surface area contributed by atoms with Crippen LogP contribution < -0.4 is 10.4 Å². The molecule has 0 aliphatic rings. The van der Waals surface area contributed by atoms with E-state index in [9.17, 15) is 4.79 Å². The fourth-order valence-corrected chi connectivity index (χ4v) is 0.870. The molecule has 0 aliphatic heterocycles. The second kappa shape index (κ2) is 4.12. The summed E-state index contributed by atoms with van der Waals surface area (Å²) >= 11 is 0. The Morgan fingerprint density at radius 1 is 1.53 bits per heavy atom. The lowest BCUT2D eigenvalue weighted by atomic mass is 10.2. The average Bonchev–Trinajstić information content (AvgIpc) is 2.50. The lowest BCUT2D eigenvalue weighted by Gasteiger charge is -2.15. The van der Waals surface area contributed by atoms with Crippen molar-refractivity contribution in [3.05, 3.63) is 18.5 Å². The van der Waals surface area contributed by atoms with Crippen molar-refractivity contribution >= 4 is 12.1 Å². The Labute approximate surface area is 87.7 Å². The van der Waals surface area contributed by atoms with Crippen LogP contribution in [0.3, 0.4) is 0 Å². The minimum absolute atomic E-state index is 0.0363. The smallest absolute Gasteiger partial charge is 0.429 e. The molecule has 82 valence electrons. The summed E-state index contributed by atoms with van der Waals surface area (Å²) in [6.45, 7) is 5.29. The van der Waals surface area contributed by atoms with Gasteiger partial charge in [0.25, 0.3) is 0 Å². The number of nitrogens with zero attached hydrogens (tertiary/aromatic N) is 2. The number of nitrogens with one attached hydrogen (secondary N) is 1. The quantitative estimate of drug-likeness (QED) is 0.370. The number of aliphatic imine (C=N–C) groups is 1. The molecule has 15 heavy (non-hydrogen) atoms. The van der Waals surface area contributed by atoms with Crippen LogP contribution in [0, 0.1) is 0 Å². The topological polar surface area (TPSA) is 84.3 Å². The number of amides is 1. The lowest BCUT2D eigenvalue weighted by molar-refractivity contribution is -0.619. The Kier molecular flexibility index (Phi) is 3.08. The Balaban J connectivity index is 2.68. The summed E-state index contributed by atoms with van der Waals surface area (Å²) in [5.41, 5.74) is 4.97. The van der Waals surface area contributed by atoms with E-state index in [4.69, 9.17) is 10.5 Å². The van der Waals surface area contributed by atoms with E-state index < -0.39 is 11.7 Å². The maximum atomic E-state index is 11.2. The van der Waals surface area contributed by atoms with Gasteiger partial charge < -0.3 is 4.74 Å². The molecule has 0 aromatic carbocycles. The summed E-state index contributed by atoms with van der Waals surface area (Å²) in [5.74, 6) is 0.0363. The van der Waals surface area contributed by atoms with E-state index in [0.717, 1.165) is 0 Å². The maximum absolute atomic E-state index is 11.2. The van der Waals surface area contributed by atoms with Crippen molar-refractivity contribution in [3.63, 3.8) is 0 Å². The molecule has 0 aliphatic carbocycles. The number of H-pyrrole nitrogens is 1. The molecule has 3 N–H and O–H groups in total. The predicted molar refractivity (Wildman–Crippen MR) is 54.2 cm³/mol. The Morgan fingerprint density at radius 3 is 2.67 bits per heavy atom. The largest absolute Gasteiger partial charge is 0.514 e. The second-order valence-electron chi connectivity index (χ2n) is 3.96. The van der Waals surface area contributed by atoms with Gasteiger partial charge in [-0.05, 0) is 26.8 Å². The van der Waals surface area contributed by atoms with Crippen LogP contribution in [-0.4, -0.2) is 22.8 Å². The van der Waals surface area contributed by atoms with Gasteiger partial charge in [0.1, 0.15) is 5.60 Å². The number of carbonyl (C=O) groups excluding carboxylic acids is 1. The van der Waals surface area contributed by atoms with Crippen LogP contribution in [0.5, 0.6) is 0 Å². The number of aromatic nitrogens is 2. The average molecular weight is 211 g/mol. The predicted octanol–water partition coefficient (Wildman–Crippen LogP) is 0.400. The molecular weight excluding hydrogens is 196 g/mol. The van der Waals surface area contributed by atoms with Crippen LogP contribution in [0.1, 0.15) is 20.8 Å². The highest BCUT2D eigenvalue weighted by atomic mass is 16.6. The van der Waals surface area contributed by atoms with E-state index in [1.165, 1.54) is 4.68 Å². The molecule has 0 saturated carbocycles. The van der Waals surface area contributed by atoms with Crippen molar-refractivity contribution in [1.82, 2.24) is 5.10 Å². The molecule has 0 spiro atoms. The van der Waals surface area contributed by atoms with Gasteiger partial charge in [0.05, 0.1) is 6.20 Å². The molecule has 0 fully saturated rings. The first-order valence-corrected chi connectivity index (χ1v) is 4.51. The summed E-state index contributed by atoms with van der Waals surface area (Å²) in [5, 5.41) is 2.76. The second-order valence-corrected chi connectivity index (χ2v) is 3.96. The molecule has 1 aromatic heterocycles. The Morgan fingerprint density at radius 2 is 2.20 bits per heavy atom. The van der Waals surface area contributed by atoms with Gasteiger partial charge in [0, 0.05) is 11.2 Å². The van der Waals surface area contributed by atoms with Gasteiger partial charge in [-0.2, -0.15) is 0 Å². The van der Waals surface area contributed by atoms with Crippen molar-refractivity contribution in [2.75, 3.05) is 0 Å². The van der Waals surface area contributed by atoms with Crippen molar-refractivity contribution in [1.29, 1.82) is 0 Å². The number of carbonyl (C=O) groups is 1. The van der Waals surface area contributed by atoms with Crippen LogP contribution in [0.4, 0.5) is 4.79 Å². The van der Waals surface area contributed by atoms with E-state index in [1.54, 1.807) is 39.2 Å². The molecule has 6 heteroatoms. The molecule has 0 unspecified atom stereocenters. The zero-order valence-electron chi connectivity index (χ0n) is 9.02. The minimum Gasteiger partial charge on any atom is -0.429 e. The van der Waals surface area contributed by atoms with E-state index in [0.29, 0.717) is 0 Å². The van der Waals surface area contributed by atoms with Crippen molar-refractivity contribution in [2.45, 2.75) is 26.4 Å². The van der Waals surface area contributed by atoms with E-state index in [2.05, 4.69) is 10.1 Å². The molecule has 1 amide bonds. The van der Waals surface area contributed by atoms with Gasteiger partial charge in [-0.1, -0.05) is 0 Å². The molecule has 1 rings (SSSR count). The molecule has 6 nitrogen and oxygen atoms in total. The van der Waals surface area contributed by atoms with Gasteiger partial charge in [-0.25, -0.2) is 4.79 Å². The number of hydrogen-bond donors (Lipinski definition) is 2. The third-order valence-corrected chi connectivity index (χ3v) is 1.39. The van der Waals surface area contributed by atoms with Crippen LogP contribution in [-0.2, 0) is 4.74 Å². The standard InChI is InChI=1S/C9H14N4O2/c1-9(2,3)15-8(14)12-7(10)13-6-4-5-11-13/h4-6H,1-3H3,(H2,10,12,14)/p+1. The van der Waals surface area contributed by atoms with Crippen molar-refractivity contribution < 1.29 is 14.2 Å². The first kappa shape index (κ1) is 11.2. The van der Waals surface area contributed by atoms with Crippen molar-refractivity contribution in [2.24, 2.45) is 10.7 Å². The van der Waals surface area contributed by atoms with Crippen molar-refractivity contribution in [3.8, 4) is 0 Å². The molecule has 1 aromatic rings. The molecule has 0 saturated heterocycles. The molecule has 0 atom stereocenters. The van der Waals surface area contributed by atoms with Gasteiger partial charge in [0.15, 0.2) is 0 Å². The normalized spacial score (nSPS) is 12.6. The summed E-state index contributed by atoms with van der Waals surface area (Å²) in [4.78, 5) is 14.8. The highest BCUT2D eigenvalue weighted by Gasteiger charge is 2.20. The summed E-state index contributed by atoms with van der Waals surface area (Å²) in [6.07, 6.45) is 2.60. The zero-order valence-corrected chi connectivity index (χ0v) is 9.02. The number of rotatable bonds is 0. The van der Waals surface area contributed by atoms with Crippen LogP contribution in [0.2, 0.25) is 0 Å². The maximum Gasteiger partial charge on any atom is 0.514 e. The van der Waals surface area contributed by atoms with Crippen LogP contribution in [0.25, 0.3) is 0 Å². The van der Waals surface area contributed by atoms with E-state index in [-0.39, 0.29) is 5.96 Å². The molecule has 0 radical (unpaired) electrons. The summed E-state index contributed by atoms with van der Waals surface area (Å²) < 4.78 is 6.38. The fraction of sp³-hybridized carbons (Fsp3) is 0.444. The number of hydrogen-bond acceptors (Lipinski definition) is 2. The SMILES string of the molecule is CC(C)(C)OC(=O)N=C(N)[n+]1ccc[nH]1. The number of ether oxygens (including phenoxy) is 1. The third-order valence-electron chi connectivity index (χ3n) is 1.39. The van der Waals surface area contributed by atoms with Crippen LogP contribution >= 0.6 is 0 Å². The monoisotopic (exact) mass is 211 g/mol. The Bertz CT molecular complexity index is 362. The molecular formula is C9H15N4O2+. The van der Waals surface area contributed by atoms with Gasteiger partial charge >= 0.3 is 12.1 Å². The minimum atomic E-state index is -0.706. The fourth-order valence-electron chi connectivity index (χ4n) is 0.870. The Hall–Kier alpha value is -1.85. The highest BCUT2D eigenvalue weighted by Crippen LogP contribution is 2.07.